The van der Waals surface area contributed by atoms with Crippen LogP contribution in [0.25, 0.3) is 10.2 Å². The van der Waals surface area contributed by atoms with Gasteiger partial charge in [0.05, 0.1) is 50.7 Å². The molecule has 1 aliphatic heterocycles. The number of esters is 1. The summed E-state index contributed by atoms with van der Waals surface area (Å²) in [6.07, 6.45) is 1.01. The molecule has 34 heavy (non-hydrogen) atoms. The summed E-state index contributed by atoms with van der Waals surface area (Å²) in [5.41, 5.74) is 0.281. The van der Waals surface area contributed by atoms with Crippen LogP contribution >= 0.6 is 11.3 Å². The summed E-state index contributed by atoms with van der Waals surface area (Å²) in [6.45, 7) is 8.32. The Labute approximate surface area is 201 Å². The van der Waals surface area contributed by atoms with E-state index in [1.807, 2.05) is 17.0 Å². The molecule has 1 aliphatic rings. The molecule has 10 nitrogen and oxygen atoms in total. The topological polar surface area (TPSA) is 121 Å². The number of aromatic amines is 1. The third-order valence-electron chi connectivity index (χ3n) is 5.68. The van der Waals surface area contributed by atoms with Crippen LogP contribution in [0.5, 0.6) is 0 Å². The minimum Gasteiger partial charge on any atom is -0.468 e. The average molecular weight is 491 g/mol. The molecule has 0 spiro atoms. The Morgan fingerprint density at radius 3 is 2.88 bits per heavy atom. The van der Waals surface area contributed by atoms with Crippen molar-refractivity contribution < 1.29 is 23.8 Å². The standard InChI is InChI=1S/C23H30N4O6S/c1-3-32-23(30)20-15(2)19-21(29)24-18(25-22(19)34-20)14-27(13-17-5-4-8-33-17)12-16(28)11-26-6-9-31-10-7-26/h4-5,8,16,28H,3,6-7,9-14H2,1-2H3,(H,24,25,29). The van der Waals surface area contributed by atoms with E-state index in [0.717, 1.165) is 30.2 Å². The van der Waals surface area contributed by atoms with Crippen LogP contribution in [0, 0.1) is 6.92 Å². The summed E-state index contributed by atoms with van der Waals surface area (Å²) >= 11 is 1.16. The first-order chi connectivity index (χ1) is 16.4. The molecule has 1 saturated heterocycles. The molecule has 2 N–H and O–H groups in total. The van der Waals surface area contributed by atoms with Crippen LogP contribution in [-0.2, 0) is 22.6 Å². The number of carbonyl (C=O) groups excluding carboxylic acids is 1. The van der Waals surface area contributed by atoms with E-state index in [1.54, 1.807) is 20.1 Å². The number of aliphatic hydroxyl groups is 1. The van der Waals surface area contributed by atoms with Crippen molar-refractivity contribution in [3.8, 4) is 0 Å². The normalized spacial score (nSPS) is 15.8. The Morgan fingerprint density at radius 2 is 2.18 bits per heavy atom. The number of nitrogens with one attached hydrogen (secondary N) is 1. The highest BCUT2D eigenvalue weighted by Crippen LogP contribution is 2.27. The number of furan rings is 1. The molecule has 184 valence electrons. The fraction of sp³-hybridized carbons (Fsp3) is 0.522. The second kappa shape index (κ2) is 11.2. The van der Waals surface area contributed by atoms with Crippen molar-refractivity contribution in [1.29, 1.82) is 0 Å². The van der Waals surface area contributed by atoms with Gasteiger partial charge in [0.1, 0.15) is 21.3 Å². The van der Waals surface area contributed by atoms with Crippen LogP contribution in [-0.4, -0.2) is 82.9 Å². The number of ether oxygens (including phenoxy) is 2. The number of aliphatic hydroxyl groups excluding tert-OH is 1. The zero-order valence-corrected chi connectivity index (χ0v) is 20.2. The van der Waals surface area contributed by atoms with Gasteiger partial charge in [-0.3, -0.25) is 14.6 Å². The number of aromatic nitrogens is 2. The molecule has 1 atom stereocenters. The lowest BCUT2D eigenvalue weighted by atomic mass is 10.2. The summed E-state index contributed by atoms with van der Waals surface area (Å²) in [6, 6.07) is 3.68. The van der Waals surface area contributed by atoms with E-state index < -0.39 is 12.1 Å². The molecule has 0 radical (unpaired) electrons. The molecular weight excluding hydrogens is 460 g/mol. The monoisotopic (exact) mass is 490 g/mol. The highest BCUT2D eigenvalue weighted by molar-refractivity contribution is 7.20. The molecule has 11 heteroatoms. The van der Waals surface area contributed by atoms with Crippen molar-refractivity contribution in [2.75, 3.05) is 46.0 Å². The van der Waals surface area contributed by atoms with E-state index in [1.165, 1.54) is 0 Å². The molecule has 1 unspecified atom stereocenters. The number of fused-ring (bicyclic) bond motifs is 1. The largest absolute Gasteiger partial charge is 0.468 e. The van der Waals surface area contributed by atoms with Crippen molar-refractivity contribution in [2.45, 2.75) is 33.0 Å². The number of nitrogens with zero attached hydrogens (tertiary/aromatic N) is 3. The van der Waals surface area contributed by atoms with E-state index in [9.17, 15) is 14.7 Å². The number of thiophene rings is 1. The summed E-state index contributed by atoms with van der Waals surface area (Å²) in [4.78, 5) is 37.6. The van der Waals surface area contributed by atoms with Crippen molar-refractivity contribution in [3.05, 3.63) is 50.8 Å². The fourth-order valence-corrected chi connectivity index (χ4v) is 5.21. The third kappa shape index (κ3) is 5.91. The maximum absolute atomic E-state index is 12.9. The van der Waals surface area contributed by atoms with Crippen LogP contribution in [0.4, 0.5) is 0 Å². The van der Waals surface area contributed by atoms with Crippen LogP contribution in [0.15, 0.2) is 27.6 Å². The summed E-state index contributed by atoms with van der Waals surface area (Å²) in [5.74, 6) is 0.757. The lowest BCUT2D eigenvalue weighted by Crippen LogP contribution is -2.44. The summed E-state index contributed by atoms with van der Waals surface area (Å²) < 4.78 is 16.0. The minimum atomic E-state index is -0.595. The molecule has 0 saturated carbocycles. The van der Waals surface area contributed by atoms with Gasteiger partial charge < -0.3 is 24.0 Å². The van der Waals surface area contributed by atoms with Gasteiger partial charge in [-0.1, -0.05) is 0 Å². The van der Waals surface area contributed by atoms with Crippen LogP contribution < -0.4 is 5.56 Å². The van der Waals surface area contributed by atoms with E-state index in [4.69, 9.17) is 13.9 Å². The Bertz CT molecular complexity index is 1150. The van der Waals surface area contributed by atoms with Gasteiger partial charge in [-0.25, -0.2) is 9.78 Å². The minimum absolute atomic E-state index is 0.260. The lowest BCUT2D eigenvalue weighted by molar-refractivity contribution is 0.00486. The van der Waals surface area contributed by atoms with E-state index in [2.05, 4.69) is 14.9 Å². The number of H-pyrrole nitrogens is 1. The Balaban J connectivity index is 1.54. The predicted octanol–water partition coefficient (Wildman–Crippen LogP) is 1.76. The molecule has 3 aromatic heterocycles. The third-order valence-corrected chi connectivity index (χ3v) is 6.85. The van der Waals surface area contributed by atoms with Gasteiger partial charge in [-0.15, -0.1) is 11.3 Å². The van der Waals surface area contributed by atoms with E-state index in [0.29, 0.717) is 65.9 Å². The predicted molar refractivity (Wildman–Crippen MR) is 127 cm³/mol. The van der Waals surface area contributed by atoms with Crippen molar-refractivity contribution >= 4 is 27.5 Å². The summed E-state index contributed by atoms with van der Waals surface area (Å²) in [5, 5.41) is 11.2. The van der Waals surface area contributed by atoms with Crippen LogP contribution in [0.1, 0.15) is 33.7 Å². The number of hydrogen-bond acceptors (Lipinski definition) is 10. The number of β-amino-alcohol motifs (C(OH)–C–C–N with tert-alkyl or cyclic N) is 1. The quantitative estimate of drug-likeness (QED) is 0.410. The van der Waals surface area contributed by atoms with Gasteiger partial charge in [0.2, 0.25) is 0 Å². The van der Waals surface area contributed by atoms with Gasteiger partial charge in [-0.2, -0.15) is 0 Å². The molecular formula is C23H30N4O6S. The molecule has 0 bridgehead atoms. The maximum atomic E-state index is 12.9. The fourth-order valence-electron chi connectivity index (χ4n) is 4.11. The molecule has 0 aliphatic carbocycles. The highest BCUT2D eigenvalue weighted by Gasteiger charge is 2.22. The van der Waals surface area contributed by atoms with Crippen molar-refractivity contribution in [1.82, 2.24) is 19.8 Å². The van der Waals surface area contributed by atoms with Crippen LogP contribution in [0.3, 0.4) is 0 Å². The summed E-state index contributed by atoms with van der Waals surface area (Å²) in [7, 11) is 0. The molecule has 3 aromatic rings. The second-order valence-corrected chi connectivity index (χ2v) is 9.28. The Morgan fingerprint density at radius 1 is 1.38 bits per heavy atom. The molecule has 0 amide bonds. The smallest absolute Gasteiger partial charge is 0.348 e. The number of aryl methyl sites for hydroxylation is 1. The van der Waals surface area contributed by atoms with Gasteiger partial charge in [0.25, 0.3) is 5.56 Å². The van der Waals surface area contributed by atoms with Gasteiger partial charge >= 0.3 is 5.97 Å². The SMILES string of the molecule is CCOC(=O)c1sc2nc(CN(Cc3ccco3)CC(O)CN3CCOCC3)[nH]c(=O)c2c1C. The number of morpholine rings is 1. The zero-order valence-electron chi connectivity index (χ0n) is 19.4. The first-order valence-corrected chi connectivity index (χ1v) is 12.2. The molecule has 0 aromatic carbocycles. The maximum Gasteiger partial charge on any atom is 0.348 e. The second-order valence-electron chi connectivity index (χ2n) is 8.29. The van der Waals surface area contributed by atoms with E-state index >= 15 is 0 Å². The molecule has 4 heterocycles. The van der Waals surface area contributed by atoms with Crippen LogP contribution in [0.2, 0.25) is 0 Å². The van der Waals surface area contributed by atoms with Crippen molar-refractivity contribution in [2.24, 2.45) is 0 Å². The number of rotatable bonds is 10. The van der Waals surface area contributed by atoms with Gasteiger partial charge in [0.15, 0.2) is 0 Å². The van der Waals surface area contributed by atoms with Gasteiger partial charge in [-0.05, 0) is 31.5 Å². The number of hydrogen-bond donors (Lipinski definition) is 2. The first kappa shape index (κ1) is 24.6. The molecule has 4 rings (SSSR count). The zero-order chi connectivity index (χ0) is 24.1. The average Bonchev–Trinajstić information content (AvgIpc) is 3.42. The molecule has 1 fully saturated rings. The van der Waals surface area contributed by atoms with Crippen molar-refractivity contribution in [3.63, 3.8) is 0 Å². The first-order valence-electron chi connectivity index (χ1n) is 11.4. The Hall–Kier alpha value is -2.57. The lowest BCUT2D eigenvalue weighted by Gasteiger charge is -2.30. The number of carbonyl (C=O) groups is 1. The van der Waals surface area contributed by atoms with E-state index in [-0.39, 0.29) is 12.2 Å². The van der Waals surface area contributed by atoms with Gasteiger partial charge in [0, 0.05) is 26.2 Å². The Kier molecular flexibility index (Phi) is 8.11. The highest BCUT2D eigenvalue weighted by atomic mass is 32.1.